The van der Waals surface area contributed by atoms with Crippen LogP contribution in [-0.2, 0) is 23.2 Å². The Bertz CT molecular complexity index is 1080. The molecule has 2 aromatic carbocycles. The fourth-order valence-electron chi connectivity index (χ4n) is 7.05. The summed E-state index contributed by atoms with van der Waals surface area (Å²) >= 11 is 0. The third kappa shape index (κ3) is 3.39. The maximum atomic E-state index is 13.3. The smallest absolute Gasteiger partial charge is 0.223 e. The molecular formula is C28H34N2O3. The predicted molar refractivity (Wildman–Crippen MR) is 127 cm³/mol. The normalized spacial score (nSPS) is 32.8. The minimum atomic E-state index is -0.938. The van der Waals surface area contributed by atoms with Gasteiger partial charge in [-0.2, -0.15) is 0 Å². The van der Waals surface area contributed by atoms with Gasteiger partial charge in [0.15, 0.2) is 0 Å². The van der Waals surface area contributed by atoms with E-state index in [4.69, 9.17) is 0 Å². The molecule has 5 nitrogen and oxygen atoms in total. The number of piperidine rings is 1. The van der Waals surface area contributed by atoms with E-state index in [2.05, 4.69) is 41.4 Å². The van der Waals surface area contributed by atoms with Gasteiger partial charge in [-0.1, -0.05) is 35.9 Å². The number of nitrogens with zero attached hydrogens (tertiary/aromatic N) is 1. The molecule has 2 bridgehead atoms. The molecule has 3 N–H and O–H groups in total. The number of aliphatic hydroxyl groups is 1. The Morgan fingerprint density at radius 3 is 2.70 bits per heavy atom. The van der Waals surface area contributed by atoms with E-state index in [1.807, 2.05) is 12.1 Å². The van der Waals surface area contributed by atoms with Gasteiger partial charge >= 0.3 is 0 Å². The maximum Gasteiger partial charge on any atom is 0.223 e. The molecule has 0 unspecified atom stereocenters. The number of amides is 1. The molecule has 1 amide bonds. The van der Waals surface area contributed by atoms with Gasteiger partial charge in [-0.25, -0.2) is 0 Å². The molecule has 0 radical (unpaired) electrons. The third-order valence-electron chi connectivity index (χ3n) is 8.97. The van der Waals surface area contributed by atoms with Crippen molar-refractivity contribution in [3.05, 3.63) is 64.7 Å². The molecule has 3 aliphatic carbocycles. The van der Waals surface area contributed by atoms with Gasteiger partial charge in [0, 0.05) is 30.5 Å². The van der Waals surface area contributed by atoms with Crippen molar-refractivity contribution in [3.63, 3.8) is 0 Å². The summed E-state index contributed by atoms with van der Waals surface area (Å²) in [6, 6.07) is 13.9. The molecule has 1 aliphatic heterocycles. The molecule has 174 valence electrons. The van der Waals surface area contributed by atoms with Crippen LogP contribution in [0, 0.1) is 18.8 Å². The number of rotatable bonds is 5. The number of benzene rings is 2. The molecule has 1 heterocycles. The van der Waals surface area contributed by atoms with Crippen molar-refractivity contribution in [1.29, 1.82) is 0 Å². The fraction of sp³-hybridized carbons (Fsp3) is 0.536. The van der Waals surface area contributed by atoms with Crippen LogP contribution in [0.1, 0.15) is 54.4 Å². The Hall–Kier alpha value is -2.37. The van der Waals surface area contributed by atoms with Gasteiger partial charge in [0.05, 0.1) is 5.60 Å². The van der Waals surface area contributed by atoms with E-state index in [0.717, 1.165) is 43.0 Å². The number of fused-ring (bicyclic) bond motifs is 1. The number of hydrogen-bond donors (Lipinski definition) is 3. The van der Waals surface area contributed by atoms with Gasteiger partial charge in [0.2, 0.25) is 5.91 Å². The van der Waals surface area contributed by atoms with Crippen LogP contribution in [0.2, 0.25) is 0 Å². The molecule has 3 fully saturated rings. The molecule has 1 saturated heterocycles. The van der Waals surface area contributed by atoms with Crippen LogP contribution in [0.15, 0.2) is 42.5 Å². The number of hydrogen-bond acceptors (Lipinski definition) is 4. The maximum absolute atomic E-state index is 13.3. The lowest BCUT2D eigenvalue weighted by atomic mass is 9.56. The monoisotopic (exact) mass is 446 g/mol. The van der Waals surface area contributed by atoms with Gasteiger partial charge in [-0.15, -0.1) is 0 Å². The van der Waals surface area contributed by atoms with E-state index >= 15 is 0 Å². The first-order valence-electron chi connectivity index (χ1n) is 12.5. The zero-order valence-corrected chi connectivity index (χ0v) is 19.4. The van der Waals surface area contributed by atoms with Crippen LogP contribution in [0.5, 0.6) is 5.75 Å². The molecule has 2 saturated carbocycles. The Balaban J connectivity index is 1.30. The first kappa shape index (κ1) is 21.2. The highest BCUT2D eigenvalue weighted by Crippen LogP contribution is 2.62. The van der Waals surface area contributed by atoms with Gasteiger partial charge in [-0.3, -0.25) is 9.69 Å². The Kier molecular flexibility index (Phi) is 4.86. The number of nitrogens with one attached hydrogen (secondary N) is 1. The van der Waals surface area contributed by atoms with E-state index in [9.17, 15) is 15.0 Å². The number of carbonyl (C=O) groups is 1. The zero-order chi connectivity index (χ0) is 22.8. The summed E-state index contributed by atoms with van der Waals surface area (Å²) in [5.74, 6) is 0.819. The van der Waals surface area contributed by atoms with Crippen LogP contribution in [-0.4, -0.2) is 45.8 Å². The number of aromatic hydroxyl groups is 1. The largest absolute Gasteiger partial charge is 0.508 e. The van der Waals surface area contributed by atoms with E-state index in [1.54, 1.807) is 6.07 Å². The lowest BCUT2D eigenvalue weighted by Crippen LogP contribution is -2.69. The van der Waals surface area contributed by atoms with Crippen molar-refractivity contribution < 1.29 is 15.0 Å². The molecule has 0 aromatic heterocycles. The van der Waals surface area contributed by atoms with Gasteiger partial charge in [0.1, 0.15) is 5.75 Å². The van der Waals surface area contributed by atoms with Crippen LogP contribution in [0.25, 0.3) is 0 Å². The number of aryl methyl sites for hydroxylation is 1. The van der Waals surface area contributed by atoms with E-state index in [-0.39, 0.29) is 23.6 Å². The Labute approximate surface area is 195 Å². The van der Waals surface area contributed by atoms with Crippen molar-refractivity contribution in [1.82, 2.24) is 10.2 Å². The topological polar surface area (TPSA) is 72.8 Å². The molecule has 6 rings (SSSR count). The van der Waals surface area contributed by atoms with E-state index < -0.39 is 11.0 Å². The fourth-order valence-corrected chi connectivity index (χ4v) is 7.05. The summed E-state index contributed by atoms with van der Waals surface area (Å²) in [5.41, 5.74) is 3.19. The molecule has 4 aliphatic rings. The average molecular weight is 447 g/mol. The van der Waals surface area contributed by atoms with Gasteiger partial charge < -0.3 is 15.5 Å². The van der Waals surface area contributed by atoms with Crippen LogP contribution < -0.4 is 5.32 Å². The molecule has 4 atom stereocenters. The second-order valence-corrected chi connectivity index (χ2v) is 11.1. The summed E-state index contributed by atoms with van der Waals surface area (Å²) < 4.78 is 0. The summed E-state index contributed by atoms with van der Waals surface area (Å²) in [6.45, 7) is 4.58. The highest BCUT2D eigenvalue weighted by molar-refractivity contribution is 5.80. The van der Waals surface area contributed by atoms with Crippen LogP contribution >= 0.6 is 0 Å². The summed E-state index contributed by atoms with van der Waals surface area (Å²) in [4.78, 5) is 15.8. The van der Waals surface area contributed by atoms with Crippen LogP contribution in [0.3, 0.4) is 0 Å². The molecule has 33 heavy (non-hydrogen) atoms. The second-order valence-electron chi connectivity index (χ2n) is 11.1. The Morgan fingerprint density at radius 1 is 1.15 bits per heavy atom. The van der Waals surface area contributed by atoms with E-state index in [1.165, 1.54) is 24.0 Å². The molecule has 2 aromatic rings. The number of phenolic OH excluding ortho intramolecular Hbond substituents is 1. The third-order valence-corrected chi connectivity index (χ3v) is 8.97. The van der Waals surface area contributed by atoms with Crippen molar-refractivity contribution in [2.75, 3.05) is 13.1 Å². The molecule has 5 heteroatoms. The summed E-state index contributed by atoms with van der Waals surface area (Å²) in [6.07, 6.45) is 5.35. The SMILES string of the molecule is Cc1ccc(CNC(=O)[C@@H]2C[C@]34CCN(CC5CC5)[C@H](Cc5ccc(O)cc53)[C@]4(O)C2)cc1. The number of carbonyl (C=O) groups excluding carboxylic acids is 1. The Morgan fingerprint density at radius 2 is 1.94 bits per heavy atom. The highest BCUT2D eigenvalue weighted by Gasteiger charge is 2.68. The first-order chi connectivity index (χ1) is 15.9. The predicted octanol–water partition coefficient (Wildman–Crippen LogP) is 3.44. The van der Waals surface area contributed by atoms with Crippen LogP contribution in [0.4, 0.5) is 0 Å². The second kappa shape index (κ2) is 7.57. The van der Waals surface area contributed by atoms with Crippen molar-refractivity contribution >= 4 is 5.91 Å². The van der Waals surface area contributed by atoms with Gasteiger partial charge in [-0.05, 0) is 86.7 Å². The minimum Gasteiger partial charge on any atom is -0.508 e. The molecule has 0 spiro atoms. The standard InChI is InChI=1S/C28H34N2O3/c1-18-2-4-19(5-3-18)16-29-26(32)22-14-27-10-11-30(17-20-6-7-20)25(28(27,33)15-22)12-21-8-9-23(31)13-24(21)27/h2-5,8-9,13,20,22,25,31,33H,6-7,10-12,14-17H2,1H3,(H,29,32)/t22-,25-,27-,28-/m1/s1. The number of likely N-dealkylation sites (tertiary alicyclic amines) is 1. The van der Waals surface area contributed by atoms with Gasteiger partial charge in [0.25, 0.3) is 0 Å². The molecular weight excluding hydrogens is 412 g/mol. The summed E-state index contributed by atoms with van der Waals surface area (Å²) in [7, 11) is 0. The van der Waals surface area contributed by atoms with Crippen molar-refractivity contribution in [3.8, 4) is 5.75 Å². The first-order valence-corrected chi connectivity index (χ1v) is 12.5. The lowest BCUT2D eigenvalue weighted by molar-refractivity contribution is -0.134. The quantitative estimate of drug-likeness (QED) is 0.658. The van der Waals surface area contributed by atoms with Crippen molar-refractivity contribution in [2.24, 2.45) is 11.8 Å². The zero-order valence-electron chi connectivity index (χ0n) is 19.4. The minimum absolute atomic E-state index is 0.0360. The average Bonchev–Trinajstić information content (AvgIpc) is 3.54. The number of phenols is 1. The summed E-state index contributed by atoms with van der Waals surface area (Å²) in [5, 5.41) is 25.8. The highest BCUT2D eigenvalue weighted by atomic mass is 16.3. The van der Waals surface area contributed by atoms with Crippen molar-refractivity contribution in [2.45, 2.75) is 69.1 Å². The lowest BCUT2D eigenvalue weighted by Gasteiger charge is -2.59. The van der Waals surface area contributed by atoms with E-state index in [0.29, 0.717) is 19.4 Å².